The van der Waals surface area contributed by atoms with Crippen molar-refractivity contribution in [3.63, 3.8) is 0 Å². The molecule has 0 saturated heterocycles. The Balaban J connectivity index is 2.96. The molecule has 0 fully saturated rings. The van der Waals surface area contributed by atoms with Gasteiger partial charge in [0.15, 0.2) is 5.78 Å². The molecular weight excluding hydrogens is 258 g/mol. The van der Waals surface area contributed by atoms with E-state index in [4.69, 9.17) is 9.47 Å². The second-order valence-electron chi connectivity index (χ2n) is 4.95. The van der Waals surface area contributed by atoms with Crippen molar-refractivity contribution in [1.29, 1.82) is 0 Å². The molecule has 0 aliphatic heterocycles. The molecule has 1 N–H and O–H groups in total. The quantitative estimate of drug-likeness (QED) is 0.779. The van der Waals surface area contributed by atoms with E-state index in [-0.39, 0.29) is 18.3 Å². The monoisotopic (exact) mass is 279 g/mol. The minimum absolute atomic E-state index is 0.0477. The van der Waals surface area contributed by atoms with Gasteiger partial charge in [-0.2, -0.15) is 0 Å². The van der Waals surface area contributed by atoms with Crippen molar-refractivity contribution in [1.82, 2.24) is 0 Å². The Hall–Kier alpha value is -1.88. The van der Waals surface area contributed by atoms with Crippen LogP contribution in [0.4, 0.5) is 5.69 Å². The fourth-order valence-corrected chi connectivity index (χ4v) is 1.55. The summed E-state index contributed by atoms with van der Waals surface area (Å²) in [4.78, 5) is 23.0. The lowest BCUT2D eigenvalue weighted by Gasteiger charge is -2.14. The molecule has 0 spiro atoms. The molecule has 0 aliphatic rings. The van der Waals surface area contributed by atoms with Crippen LogP contribution in [0.5, 0.6) is 5.75 Å². The van der Waals surface area contributed by atoms with Gasteiger partial charge in [-0.15, -0.1) is 0 Å². The van der Waals surface area contributed by atoms with Gasteiger partial charge in [0, 0.05) is 12.7 Å². The zero-order valence-corrected chi connectivity index (χ0v) is 12.4. The first-order valence-electron chi connectivity index (χ1n) is 6.50. The van der Waals surface area contributed by atoms with Crippen LogP contribution in [0.1, 0.15) is 31.1 Å². The molecule has 0 unspecified atom stereocenters. The van der Waals surface area contributed by atoms with E-state index >= 15 is 0 Å². The third kappa shape index (κ3) is 5.01. The summed E-state index contributed by atoms with van der Waals surface area (Å²) in [6.07, 6.45) is 0. The van der Waals surface area contributed by atoms with Crippen molar-refractivity contribution in [2.24, 2.45) is 5.92 Å². The first kappa shape index (κ1) is 16.2. The van der Waals surface area contributed by atoms with Gasteiger partial charge >= 0.3 is 0 Å². The van der Waals surface area contributed by atoms with E-state index in [1.54, 1.807) is 18.2 Å². The summed E-state index contributed by atoms with van der Waals surface area (Å²) in [5.41, 5.74) is 1.01. The van der Waals surface area contributed by atoms with Crippen molar-refractivity contribution < 1.29 is 19.1 Å². The average molecular weight is 279 g/mol. The predicted octanol–water partition coefficient (Wildman–Crippen LogP) is 2.51. The Morgan fingerprint density at radius 2 is 2.00 bits per heavy atom. The SMILES string of the molecule is COCC(=O)Nc1cc(C(C)=O)ccc1OCC(C)C. The number of carbonyl (C=O) groups is 2. The lowest BCUT2D eigenvalue weighted by atomic mass is 10.1. The number of methoxy groups -OCH3 is 1. The molecule has 5 heteroatoms. The number of amides is 1. The van der Waals surface area contributed by atoms with Crippen LogP contribution in [0.15, 0.2) is 18.2 Å². The maximum Gasteiger partial charge on any atom is 0.250 e. The molecule has 0 bridgehead atoms. The second-order valence-corrected chi connectivity index (χ2v) is 4.95. The number of rotatable bonds is 7. The summed E-state index contributed by atoms with van der Waals surface area (Å²) in [5.74, 6) is 0.559. The number of ketones is 1. The maximum atomic E-state index is 11.6. The molecule has 0 saturated carbocycles. The number of Topliss-reactive ketones (excluding diaryl/α,β-unsaturated/α-hetero) is 1. The van der Waals surface area contributed by atoms with Crippen molar-refractivity contribution >= 4 is 17.4 Å². The highest BCUT2D eigenvalue weighted by Gasteiger charge is 2.11. The fraction of sp³-hybridized carbons (Fsp3) is 0.467. The molecule has 0 aromatic heterocycles. The van der Waals surface area contributed by atoms with Crippen LogP contribution in [0.25, 0.3) is 0 Å². The summed E-state index contributed by atoms with van der Waals surface area (Å²) in [6.45, 7) is 6.03. The number of benzene rings is 1. The highest BCUT2D eigenvalue weighted by Crippen LogP contribution is 2.26. The second kappa shape index (κ2) is 7.65. The van der Waals surface area contributed by atoms with E-state index in [0.717, 1.165) is 0 Å². The molecule has 1 aromatic rings. The summed E-state index contributed by atoms with van der Waals surface area (Å²) < 4.78 is 10.4. The van der Waals surface area contributed by atoms with Crippen LogP contribution in [0.3, 0.4) is 0 Å². The van der Waals surface area contributed by atoms with E-state index in [0.29, 0.717) is 29.5 Å². The van der Waals surface area contributed by atoms with Crippen LogP contribution in [0, 0.1) is 5.92 Å². The van der Waals surface area contributed by atoms with E-state index in [9.17, 15) is 9.59 Å². The Morgan fingerprint density at radius 3 is 2.55 bits per heavy atom. The van der Waals surface area contributed by atoms with Gasteiger partial charge in [-0.3, -0.25) is 9.59 Å². The van der Waals surface area contributed by atoms with Crippen molar-refractivity contribution in [3.8, 4) is 5.75 Å². The predicted molar refractivity (Wildman–Crippen MR) is 77.3 cm³/mol. The molecule has 1 amide bonds. The first-order valence-corrected chi connectivity index (χ1v) is 6.50. The van der Waals surface area contributed by atoms with Crippen LogP contribution < -0.4 is 10.1 Å². The third-order valence-corrected chi connectivity index (χ3v) is 2.51. The normalized spacial score (nSPS) is 10.4. The van der Waals surface area contributed by atoms with Crippen LogP contribution in [-0.4, -0.2) is 32.0 Å². The van der Waals surface area contributed by atoms with Crippen molar-refractivity contribution in [3.05, 3.63) is 23.8 Å². The molecule has 0 aliphatic carbocycles. The van der Waals surface area contributed by atoms with Gasteiger partial charge < -0.3 is 14.8 Å². The van der Waals surface area contributed by atoms with Gasteiger partial charge in [0.25, 0.3) is 0 Å². The number of ether oxygens (including phenoxy) is 2. The summed E-state index contributed by atoms with van der Waals surface area (Å²) >= 11 is 0. The molecule has 1 rings (SSSR count). The van der Waals surface area contributed by atoms with E-state index in [2.05, 4.69) is 5.32 Å². The number of carbonyl (C=O) groups excluding carboxylic acids is 2. The van der Waals surface area contributed by atoms with Crippen LogP contribution in [-0.2, 0) is 9.53 Å². The Kier molecular flexibility index (Phi) is 6.18. The highest BCUT2D eigenvalue weighted by atomic mass is 16.5. The van der Waals surface area contributed by atoms with Gasteiger partial charge in [-0.25, -0.2) is 0 Å². The molecule has 1 aromatic carbocycles. The molecule has 0 radical (unpaired) electrons. The molecule has 5 nitrogen and oxygen atoms in total. The summed E-state index contributed by atoms with van der Waals surface area (Å²) in [5, 5.41) is 2.69. The Morgan fingerprint density at radius 1 is 1.30 bits per heavy atom. The number of anilines is 1. The maximum absolute atomic E-state index is 11.6. The topological polar surface area (TPSA) is 64.6 Å². The smallest absolute Gasteiger partial charge is 0.250 e. The van der Waals surface area contributed by atoms with Gasteiger partial charge in [0.05, 0.1) is 12.3 Å². The van der Waals surface area contributed by atoms with E-state index < -0.39 is 0 Å². The molecule has 0 atom stereocenters. The zero-order chi connectivity index (χ0) is 15.1. The van der Waals surface area contributed by atoms with Gasteiger partial charge in [0.2, 0.25) is 5.91 Å². The average Bonchev–Trinajstić information content (AvgIpc) is 2.37. The number of hydrogen-bond donors (Lipinski definition) is 1. The van der Waals surface area contributed by atoms with Gasteiger partial charge in [0.1, 0.15) is 12.4 Å². The minimum atomic E-state index is -0.289. The summed E-state index contributed by atoms with van der Waals surface area (Å²) in [6, 6.07) is 5.00. The largest absolute Gasteiger partial charge is 0.491 e. The molecule has 0 heterocycles. The molecule has 20 heavy (non-hydrogen) atoms. The molecule has 110 valence electrons. The lowest BCUT2D eigenvalue weighted by molar-refractivity contribution is -0.119. The fourth-order valence-electron chi connectivity index (χ4n) is 1.55. The zero-order valence-electron chi connectivity index (χ0n) is 12.4. The lowest BCUT2D eigenvalue weighted by Crippen LogP contribution is -2.18. The minimum Gasteiger partial charge on any atom is -0.491 e. The Bertz CT molecular complexity index is 483. The van der Waals surface area contributed by atoms with Crippen molar-refractivity contribution in [2.45, 2.75) is 20.8 Å². The molecular formula is C15H21NO4. The van der Waals surface area contributed by atoms with Gasteiger partial charge in [-0.05, 0) is 31.0 Å². The first-order chi connectivity index (χ1) is 9.43. The Labute approximate surface area is 119 Å². The standard InChI is InChI=1S/C15H21NO4/c1-10(2)8-20-14-6-5-12(11(3)17)7-13(14)16-15(18)9-19-4/h5-7,10H,8-9H2,1-4H3,(H,16,18). The van der Waals surface area contributed by atoms with E-state index in [1.165, 1.54) is 14.0 Å². The number of nitrogens with one attached hydrogen (secondary N) is 1. The van der Waals surface area contributed by atoms with Crippen LogP contribution >= 0.6 is 0 Å². The third-order valence-electron chi connectivity index (χ3n) is 2.51. The summed E-state index contributed by atoms with van der Waals surface area (Å²) in [7, 11) is 1.45. The van der Waals surface area contributed by atoms with E-state index in [1.807, 2.05) is 13.8 Å². The number of hydrogen-bond acceptors (Lipinski definition) is 4. The van der Waals surface area contributed by atoms with Crippen molar-refractivity contribution in [2.75, 3.05) is 25.6 Å². The highest BCUT2D eigenvalue weighted by molar-refractivity contribution is 5.98. The van der Waals surface area contributed by atoms with Crippen LogP contribution in [0.2, 0.25) is 0 Å². The van der Waals surface area contributed by atoms with Gasteiger partial charge in [-0.1, -0.05) is 13.8 Å².